The summed E-state index contributed by atoms with van der Waals surface area (Å²) in [4.78, 5) is 13.5. The van der Waals surface area contributed by atoms with Crippen LogP contribution in [0.2, 0.25) is 0 Å². The number of nitrogens with one attached hydrogen (secondary N) is 1. The third-order valence-electron chi connectivity index (χ3n) is 2.84. The highest BCUT2D eigenvalue weighted by atomic mass is 32.2. The van der Waals surface area contributed by atoms with Crippen LogP contribution in [0.25, 0.3) is 0 Å². The molecule has 1 saturated heterocycles. The topological polar surface area (TPSA) is 75.7 Å². The van der Waals surface area contributed by atoms with Gasteiger partial charge in [-0.25, -0.2) is 13.2 Å². The van der Waals surface area contributed by atoms with Crippen molar-refractivity contribution in [2.24, 2.45) is 0 Å². The highest BCUT2D eigenvalue weighted by molar-refractivity contribution is 7.91. The van der Waals surface area contributed by atoms with Gasteiger partial charge in [-0.15, -0.1) is 0 Å². The van der Waals surface area contributed by atoms with Crippen molar-refractivity contribution in [3.63, 3.8) is 0 Å². The Morgan fingerprint density at radius 3 is 2.39 bits per heavy atom. The van der Waals surface area contributed by atoms with E-state index in [0.29, 0.717) is 13.1 Å². The Labute approximate surface area is 109 Å². The molecule has 7 heteroatoms. The van der Waals surface area contributed by atoms with E-state index >= 15 is 0 Å². The average Bonchev–Trinajstić information content (AvgIpc) is 2.27. The highest BCUT2D eigenvalue weighted by Crippen LogP contribution is 2.10. The normalized spacial score (nSPS) is 24.9. The SMILES string of the molecule is CCS(=O)(=O)CCNC(=O)N1C[C@H](C)O[C@@H](C)C1. The van der Waals surface area contributed by atoms with E-state index in [1.807, 2.05) is 13.8 Å². The van der Waals surface area contributed by atoms with Crippen LogP contribution in [0.4, 0.5) is 4.79 Å². The number of hydrogen-bond acceptors (Lipinski definition) is 4. The van der Waals surface area contributed by atoms with Crippen molar-refractivity contribution >= 4 is 15.9 Å². The number of nitrogens with zero attached hydrogens (tertiary/aromatic N) is 1. The van der Waals surface area contributed by atoms with Crippen molar-refractivity contribution in [2.45, 2.75) is 33.0 Å². The molecule has 0 aromatic rings. The molecular weight excluding hydrogens is 256 g/mol. The maximum atomic E-state index is 11.8. The molecule has 0 aromatic carbocycles. The molecule has 0 aromatic heterocycles. The van der Waals surface area contributed by atoms with E-state index in [4.69, 9.17) is 4.74 Å². The fraction of sp³-hybridized carbons (Fsp3) is 0.909. The molecule has 0 bridgehead atoms. The van der Waals surface area contributed by atoms with Crippen LogP contribution < -0.4 is 5.32 Å². The molecule has 0 aliphatic carbocycles. The Morgan fingerprint density at radius 1 is 1.33 bits per heavy atom. The first-order valence-corrected chi connectivity index (χ1v) is 8.05. The molecule has 0 saturated carbocycles. The molecule has 6 nitrogen and oxygen atoms in total. The fourth-order valence-corrected chi connectivity index (χ4v) is 2.62. The van der Waals surface area contributed by atoms with Gasteiger partial charge in [0.25, 0.3) is 0 Å². The van der Waals surface area contributed by atoms with Crippen LogP contribution in [0.15, 0.2) is 0 Å². The second-order valence-electron chi connectivity index (χ2n) is 4.63. The summed E-state index contributed by atoms with van der Waals surface area (Å²) in [5, 5.41) is 2.64. The first kappa shape index (κ1) is 15.2. The number of carbonyl (C=O) groups excluding carboxylic acids is 1. The van der Waals surface area contributed by atoms with E-state index in [1.54, 1.807) is 11.8 Å². The minimum Gasteiger partial charge on any atom is -0.372 e. The Hall–Kier alpha value is -0.820. The summed E-state index contributed by atoms with van der Waals surface area (Å²) in [6, 6.07) is -0.219. The second kappa shape index (κ2) is 6.38. The Balaban J connectivity index is 2.37. The molecule has 106 valence electrons. The van der Waals surface area contributed by atoms with E-state index in [9.17, 15) is 13.2 Å². The first-order valence-electron chi connectivity index (χ1n) is 6.22. The minimum absolute atomic E-state index is 0.00924. The Morgan fingerprint density at radius 2 is 1.89 bits per heavy atom. The molecular formula is C11H22N2O4S. The van der Waals surface area contributed by atoms with E-state index < -0.39 is 9.84 Å². The number of morpholine rings is 1. The van der Waals surface area contributed by atoms with Crippen molar-refractivity contribution in [3.8, 4) is 0 Å². The monoisotopic (exact) mass is 278 g/mol. The number of carbonyl (C=O) groups is 1. The van der Waals surface area contributed by atoms with E-state index in [0.717, 1.165) is 0 Å². The van der Waals surface area contributed by atoms with Crippen LogP contribution in [-0.4, -0.2) is 62.7 Å². The predicted octanol–water partition coefficient (Wildman–Crippen LogP) is 0.240. The van der Waals surface area contributed by atoms with Crippen LogP contribution in [0.1, 0.15) is 20.8 Å². The van der Waals surface area contributed by atoms with Gasteiger partial charge in [-0.05, 0) is 13.8 Å². The van der Waals surface area contributed by atoms with Crippen LogP contribution in [-0.2, 0) is 14.6 Å². The molecule has 1 rings (SSSR count). The summed E-state index contributed by atoms with van der Waals surface area (Å²) in [7, 11) is -3.03. The van der Waals surface area contributed by atoms with Gasteiger partial charge in [0.2, 0.25) is 0 Å². The van der Waals surface area contributed by atoms with E-state index in [2.05, 4.69) is 5.32 Å². The van der Waals surface area contributed by atoms with Crippen molar-refractivity contribution in [1.29, 1.82) is 0 Å². The standard InChI is InChI=1S/C11H22N2O4S/c1-4-18(15,16)6-5-12-11(14)13-7-9(2)17-10(3)8-13/h9-10H,4-8H2,1-3H3,(H,12,14)/t9-,10-/m0/s1. The lowest BCUT2D eigenvalue weighted by Crippen LogP contribution is -2.52. The van der Waals surface area contributed by atoms with Crippen molar-refractivity contribution in [2.75, 3.05) is 31.1 Å². The van der Waals surface area contributed by atoms with Gasteiger partial charge >= 0.3 is 6.03 Å². The van der Waals surface area contributed by atoms with Crippen molar-refractivity contribution < 1.29 is 17.9 Å². The fourth-order valence-electron chi connectivity index (χ4n) is 1.91. The van der Waals surface area contributed by atoms with E-state index in [1.165, 1.54) is 0 Å². The molecule has 2 amide bonds. The number of hydrogen-bond donors (Lipinski definition) is 1. The summed E-state index contributed by atoms with van der Waals surface area (Å²) in [5.74, 6) is 0.0964. The summed E-state index contributed by atoms with van der Waals surface area (Å²) < 4.78 is 28.1. The second-order valence-corrected chi connectivity index (χ2v) is 7.10. The summed E-state index contributed by atoms with van der Waals surface area (Å²) in [6.07, 6.45) is 0.0257. The van der Waals surface area contributed by atoms with Crippen molar-refractivity contribution in [1.82, 2.24) is 10.2 Å². The van der Waals surface area contributed by atoms with Crippen LogP contribution in [0.5, 0.6) is 0 Å². The van der Waals surface area contributed by atoms with Gasteiger partial charge in [-0.1, -0.05) is 6.92 Å². The molecule has 18 heavy (non-hydrogen) atoms. The molecule has 0 radical (unpaired) electrons. The largest absolute Gasteiger partial charge is 0.372 e. The quantitative estimate of drug-likeness (QED) is 0.799. The van der Waals surface area contributed by atoms with Gasteiger partial charge in [0.1, 0.15) is 0 Å². The zero-order chi connectivity index (χ0) is 13.8. The van der Waals surface area contributed by atoms with Crippen LogP contribution >= 0.6 is 0 Å². The number of urea groups is 1. The molecule has 1 N–H and O–H groups in total. The molecule has 1 fully saturated rings. The third-order valence-corrected chi connectivity index (χ3v) is 4.54. The molecule has 1 aliphatic rings. The number of rotatable bonds is 4. The molecule has 1 heterocycles. The lowest BCUT2D eigenvalue weighted by Gasteiger charge is -2.35. The molecule has 2 atom stereocenters. The summed E-state index contributed by atoms with van der Waals surface area (Å²) >= 11 is 0. The maximum absolute atomic E-state index is 11.8. The van der Waals surface area contributed by atoms with Gasteiger partial charge in [0, 0.05) is 25.4 Å². The number of sulfone groups is 1. The Kier molecular flexibility index (Phi) is 5.40. The third kappa shape index (κ3) is 4.81. The van der Waals surface area contributed by atoms with Gasteiger partial charge in [0.15, 0.2) is 9.84 Å². The van der Waals surface area contributed by atoms with Gasteiger partial charge in [0.05, 0.1) is 18.0 Å². The number of ether oxygens (including phenoxy) is 1. The summed E-state index contributed by atoms with van der Waals surface area (Å²) in [5.41, 5.74) is 0. The minimum atomic E-state index is -3.03. The van der Waals surface area contributed by atoms with Crippen molar-refractivity contribution in [3.05, 3.63) is 0 Å². The van der Waals surface area contributed by atoms with Gasteiger partial charge in [-0.3, -0.25) is 0 Å². The zero-order valence-corrected chi connectivity index (χ0v) is 12.0. The van der Waals surface area contributed by atoms with Gasteiger partial charge in [-0.2, -0.15) is 0 Å². The first-order chi connectivity index (χ1) is 8.34. The van der Waals surface area contributed by atoms with Crippen LogP contribution in [0, 0.1) is 0 Å². The molecule has 0 unspecified atom stereocenters. The summed E-state index contributed by atoms with van der Waals surface area (Å²) in [6.45, 7) is 6.67. The molecule has 1 aliphatic heterocycles. The maximum Gasteiger partial charge on any atom is 0.317 e. The average molecular weight is 278 g/mol. The molecule has 0 spiro atoms. The highest BCUT2D eigenvalue weighted by Gasteiger charge is 2.25. The predicted molar refractivity (Wildman–Crippen MR) is 69.3 cm³/mol. The lowest BCUT2D eigenvalue weighted by atomic mass is 10.2. The van der Waals surface area contributed by atoms with E-state index in [-0.39, 0.29) is 36.3 Å². The smallest absolute Gasteiger partial charge is 0.317 e. The van der Waals surface area contributed by atoms with Crippen LogP contribution in [0.3, 0.4) is 0 Å². The Bertz CT molecular complexity index is 373. The zero-order valence-electron chi connectivity index (χ0n) is 11.2. The number of amides is 2. The van der Waals surface area contributed by atoms with Gasteiger partial charge < -0.3 is 15.0 Å². The lowest BCUT2D eigenvalue weighted by molar-refractivity contribution is -0.0544.